The number of hydrogen-bond acceptors (Lipinski definition) is 6. The average Bonchev–Trinajstić information content (AvgIpc) is 2.94. The number of hydrogen-bond donors (Lipinski definition) is 2. The Morgan fingerprint density at radius 1 is 0.556 bits per heavy atom. The van der Waals surface area contributed by atoms with Crippen molar-refractivity contribution >= 4 is 34.4 Å². The summed E-state index contributed by atoms with van der Waals surface area (Å²) in [6.07, 6.45) is 1.65. The molecular formula is C30H20N4O2. The standard InChI is InChI=1S/C30H20N4O2/c35-28-21-15-7-8-16-22(21)29(36)25-24(28)26(23-17-9-10-18-31-23)34-30(33-20-13-5-2-6-14-20)27(25)32-19-11-3-1-4-12-19/h1-18,32H,(H,33,34). The van der Waals surface area contributed by atoms with Gasteiger partial charge in [0.1, 0.15) is 5.69 Å². The molecule has 2 aromatic heterocycles. The van der Waals surface area contributed by atoms with Gasteiger partial charge < -0.3 is 10.6 Å². The zero-order valence-electron chi connectivity index (χ0n) is 19.1. The number of ketones is 2. The fourth-order valence-electron chi connectivity index (χ4n) is 4.41. The van der Waals surface area contributed by atoms with Gasteiger partial charge in [-0.3, -0.25) is 14.6 Å². The van der Waals surface area contributed by atoms with Crippen molar-refractivity contribution in [1.29, 1.82) is 0 Å². The van der Waals surface area contributed by atoms with Gasteiger partial charge in [0, 0.05) is 28.7 Å². The van der Waals surface area contributed by atoms with E-state index in [1.165, 1.54) is 0 Å². The summed E-state index contributed by atoms with van der Waals surface area (Å²) in [4.78, 5) is 37.2. The normalized spacial score (nSPS) is 12.0. The van der Waals surface area contributed by atoms with Crippen LogP contribution in [0.5, 0.6) is 0 Å². The van der Waals surface area contributed by atoms with E-state index in [2.05, 4.69) is 15.6 Å². The highest BCUT2D eigenvalue weighted by Crippen LogP contribution is 2.42. The molecule has 0 radical (unpaired) electrons. The summed E-state index contributed by atoms with van der Waals surface area (Å²) in [5.74, 6) is -0.0740. The van der Waals surface area contributed by atoms with E-state index in [1.807, 2.05) is 66.7 Å². The van der Waals surface area contributed by atoms with Crippen LogP contribution in [0.2, 0.25) is 0 Å². The van der Waals surface area contributed by atoms with E-state index in [0.717, 1.165) is 11.4 Å². The first kappa shape index (κ1) is 21.4. The maximum absolute atomic E-state index is 14.0. The molecular weight excluding hydrogens is 448 g/mol. The van der Waals surface area contributed by atoms with Crippen LogP contribution in [0.15, 0.2) is 109 Å². The molecule has 2 heterocycles. The molecule has 0 saturated carbocycles. The molecule has 36 heavy (non-hydrogen) atoms. The quantitative estimate of drug-likeness (QED) is 0.304. The van der Waals surface area contributed by atoms with E-state index in [0.29, 0.717) is 34.0 Å². The Hall–Kier alpha value is -5.10. The van der Waals surface area contributed by atoms with Crippen molar-refractivity contribution in [3.8, 4) is 11.4 Å². The Bertz CT molecular complexity index is 1600. The molecule has 6 heteroatoms. The van der Waals surface area contributed by atoms with Crippen LogP contribution in [0.3, 0.4) is 0 Å². The average molecular weight is 469 g/mol. The number of carbonyl (C=O) groups excluding carboxylic acids is 2. The molecule has 3 aromatic carbocycles. The third-order valence-corrected chi connectivity index (χ3v) is 6.05. The fourth-order valence-corrected chi connectivity index (χ4v) is 4.41. The fraction of sp³-hybridized carbons (Fsp3) is 0. The van der Waals surface area contributed by atoms with Gasteiger partial charge in [0.25, 0.3) is 0 Å². The van der Waals surface area contributed by atoms with Gasteiger partial charge in [0.05, 0.1) is 22.5 Å². The van der Waals surface area contributed by atoms with Crippen molar-refractivity contribution in [3.05, 3.63) is 132 Å². The van der Waals surface area contributed by atoms with Crippen LogP contribution in [-0.2, 0) is 0 Å². The van der Waals surface area contributed by atoms with Crippen molar-refractivity contribution in [2.75, 3.05) is 10.6 Å². The summed E-state index contributed by atoms with van der Waals surface area (Å²) in [5, 5.41) is 6.71. The van der Waals surface area contributed by atoms with Gasteiger partial charge in [0.15, 0.2) is 17.4 Å². The van der Waals surface area contributed by atoms with Crippen LogP contribution < -0.4 is 10.6 Å². The number of anilines is 4. The SMILES string of the molecule is O=C1c2ccccc2C(=O)c2c(Nc3ccccc3)c(Nc3ccccc3)nc(-c3ccccn3)c21. The van der Waals surface area contributed by atoms with Gasteiger partial charge in [-0.1, -0.05) is 66.7 Å². The Labute approximate surface area is 207 Å². The van der Waals surface area contributed by atoms with E-state index >= 15 is 0 Å². The topological polar surface area (TPSA) is 84.0 Å². The molecule has 2 N–H and O–H groups in total. The lowest BCUT2D eigenvalue weighted by Gasteiger charge is -2.25. The minimum Gasteiger partial charge on any atom is -0.352 e. The lowest BCUT2D eigenvalue weighted by molar-refractivity contribution is 0.0980. The Morgan fingerprint density at radius 2 is 1.11 bits per heavy atom. The smallest absolute Gasteiger partial charge is 0.196 e. The van der Waals surface area contributed by atoms with Crippen molar-refractivity contribution in [1.82, 2.24) is 9.97 Å². The summed E-state index contributed by atoms with van der Waals surface area (Å²) >= 11 is 0. The van der Waals surface area contributed by atoms with E-state index in [4.69, 9.17) is 4.98 Å². The van der Waals surface area contributed by atoms with Crippen molar-refractivity contribution < 1.29 is 9.59 Å². The third-order valence-electron chi connectivity index (χ3n) is 6.05. The van der Waals surface area contributed by atoms with Gasteiger partial charge in [-0.15, -0.1) is 0 Å². The molecule has 0 fully saturated rings. The Morgan fingerprint density at radius 3 is 1.72 bits per heavy atom. The van der Waals surface area contributed by atoms with E-state index in [-0.39, 0.29) is 22.7 Å². The Kier molecular flexibility index (Phi) is 5.31. The largest absolute Gasteiger partial charge is 0.352 e. The predicted octanol–water partition coefficient (Wildman–Crippen LogP) is 6.41. The molecule has 6 nitrogen and oxygen atoms in total. The summed E-state index contributed by atoms with van der Waals surface area (Å²) in [5.41, 5.74) is 4.12. The molecule has 172 valence electrons. The first-order chi connectivity index (χ1) is 17.7. The highest BCUT2D eigenvalue weighted by Gasteiger charge is 2.37. The third kappa shape index (κ3) is 3.71. The van der Waals surface area contributed by atoms with Gasteiger partial charge in [-0.2, -0.15) is 0 Å². The molecule has 0 amide bonds. The van der Waals surface area contributed by atoms with Gasteiger partial charge in [-0.25, -0.2) is 4.98 Å². The lowest BCUT2D eigenvalue weighted by Crippen LogP contribution is -2.24. The van der Waals surface area contributed by atoms with Crippen LogP contribution in [0.25, 0.3) is 11.4 Å². The molecule has 1 aliphatic carbocycles. The van der Waals surface area contributed by atoms with Gasteiger partial charge in [0.2, 0.25) is 0 Å². The molecule has 1 aliphatic rings. The number of nitrogens with one attached hydrogen (secondary N) is 2. The van der Waals surface area contributed by atoms with Crippen molar-refractivity contribution in [2.45, 2.75) is 0 Å². The molecule has 5 aromatic rings. The number of benzene rings is 3. The van der Waals surface area contributed by atoms with E-state index in [9.17, 15) is 9.59 Å². The molecule has 0 saturated heterocycles. The van der Waals surface area contributed by atoms with Gasteiger partial charge >= 0.3 is 0 Å². The van der Waals surface area contributed by atoms with Crippen LogP contribution in [0.1, 0.15) is 31.8 Å². The zero-order chi connectivity index (χ0) is 24.5. The highest BCUT2D eigenvalue weighted by atomic mass is 16.1. The maximum Gasteiger partial charge on any atom is 0.196 e. The minimum absolute atomic E-state index is 0.241. The number of nitrogens with zero attached hydrogens (tertiary/aromatic N) is 2. The highest BCUT2D eigenvalue weighted by molar-refractivity contribution is 6.32. The number of fused-ring (bicyclic) bond motifs is 2. The van der Waals surface area contributed by atoms with Crippen LogP contribution in [-0.4, -0.2) is 21.5 Å². The summed E-state index contributed by atoms with van der Waals surface area (Å²) in [6, 6.07) is 31.4. The molecule has 0 atom stereocenters. The van der Waals surface area contributed by atoms with Crippen molar-refractivity contribution in [2.24, 2.45) is 0 Å². The predicted molar refractivity (Wildman–Crippen MR) is 140 cm³/mol. The molecule has 0 aliphatic heterocycles. The zero-order valence-corrected chi connectivity index (χ0v) is 19.1. The summed E-state index contributed by atoms with van der Waals surface area (Å²) in [6.45, 7) is 0. The number of para-hydroxylation sites is 2. The number of aromatic nitrogens is 2. The summed E-state index contributed by atoms with van der Waals surface area (Å²) < 4.78 is 0. The van der Waals surface area contributed by atoms with Gasteiger partial charge in [-0.05, 0) is 36.4 Å². The Balaban J connectivity index is 1.66. The van der Waals surface area contributed by atoms with Crippen LogP contribution in [0, 0.1) is 0 Å². The number of rotatable bonds is 5. The monoisotopic (exact) mass is 468 g/mol. The molecule has 0 spiro atoms. The van der Waals surface area contributed by atoms with Crippen LogP contribution in [0.4, 0.5) is 22.9 Å². The maximum atomic E-state index is 14.0. The van der Waals surface area contributed by atoms with E-state index in [1.54, 1.807) is 42.6 Å². The van der Waals surface area contributed by atoms with E-state index < -0.39 is 0 Å². The second-order valence-electron chi connectivity index (χ2n) is 8.33. The first-order valence-corrected chi connectivity index (χ1v) is 11.5. The van der Waals surface area contributed by atoms with Crippen LogP contribution >= 0.6 is 0 Å². The number of pyridine rings is 2. The summed E-state index contributed by atoms with van der Waals surface area (Å²) in [7, 11) is 0. The number of carbonyl (C=O) groups is 2. The minimum atomic E-state index is -0.254. The molecule has 6 rings (SSSR count). The molecule has 0 unspecified atom stereocenters. The van der Waals surface area contributed by atoms with Crippen molar-refractivity contribution in [3.63, 3.8) is 0 Å². The second-order valence-corrected chi connectivity index (χ2v) is 8.33. The molecule has 0 bridgehead atoms. The lowest BCUT2D eigenvalue weighted by atomic mass is 9.82. The first-order valence-electron chi connectivity index (χ1n) is 11.5. The second kappa shape index (κ2) is 8.92.